The summed E-state index contributed by atoms with van der Waals surface area (Å²) in [4.78, 5) is 0. The van der Waals surface area contributed by atoms with Crippen LogP contribution in [0.1, 0.15) is 60.4 Å². The zero-order valence-corrected chi connectivity index (χ0v) is 13.1. The minimum Gasteiger partial charge on any atom is -0.464 e. The van der Waals surface area contributed by atoms with Crippen molar-refractivity contribution in [3.8, 4) is 0 Å². The first kappa shape index (κ1) is 14.4. The van der Waals surface area contributed by atoms with Crippen molar-refractivity contribution < 1.29 is 4.42 Å². The van der Waals surface area contributed by atoms with Crippen molar-refractivity contribution in [1.29, 1.82) is 0 Å². The van der Waals surface area contributed by atoms with Gasteiger partial charge in [-0.15, -0.1) is 0 Å². The number of fused-ring (bicyclic) bond motifs is 1. The van der Waals surface area contributed by atoms with Crippen molar-refractivity contribution >= 4 is 0 Å². The van der Waals surface area contributed by atoms with Gasteiger partial charge in [0, 0.05) is 0 Å². The van der Waals surface area contributed by atoms with Crippen LogP contribution >= 0.6 is 0 Å². The molecular formula is C19H25NO. The monoisotopic (exact) mass is 283 g/mol. The van der Waals surface area contributed by atoms with Gasteiger partial charge in [-0.3, -0.25) is 0 Å². The van der Waals surface area contributed by atoms with Gasteiger partial charge in [-0.25, -0.2) is 0 Å². The van der Waals surface area contributed by atoms with E-state index >= 15 is 0 Å². The minimum atomic E-state index is 0.172. The van der Waals surface area contributed by atoms with Crippen molar-refractivity contribution in [1.82, 2.24) is 5.32 Å². The highest BCUT2D eigenvalue weighted by Crippen LogP contribution is 2.29. The lowest BCUT2D eigenvalue weighted by molar-refractivity contribution is 0.430. The maximum Gasteiger partial charge on any atom is 0.125 e. The number of hydrogen-bond donors (Lipinski definition) is 1. The molecule has 0 fully saturated rings. The van der Waals surface area contributed by atoms with E-state index in [1.54, 1.807) is 0 Å². The number of nitrogens with one attached hydrogen (secondary N) is 1. The molecule has 0 bridgehead atoms. The predicted molar refractivity (Wildman–Crippen MR) is 86.7 cm³/mol. The average molecular weight is 283 g/mol. The van der Waals surface area contributed by atoms with Gasteiger partial charge in [0.25, 0.3) is 0 Å². The van der Waals surface area contributed by atoms with Crippen LogP contribution in [0.5, 0.6) is 0 Å². The zero-order chi connectivity index (χ0) is 14.7. The van der Waals surface area contributed by atoms with Crippen LogP contribution in [-0.2, 0) is 12.8 Å². The summed E-state index contributed by atoms with van der Waals surface area (Å²) in [6.07, 6.45) is 6.25. The van der Waals surface area contributed by atoms with Crippen LogP contribution < -0.4 is 5.32 Å². The molecule has 1 heterocycles. The molecule has 0 spiro atoms. The highest BCUT2D eigenvalue weighted by Gasteiger charge is 2.19. The molecule has 1 atom stereocenters. The van der Waals surface area contributed by atoms with E-state index in [1.807, 2.05) is 13.0 Å². The Morgan fingerprint density at radius 3 is 2.62 bits per heavy atom. The van der Waals surface area contributed by atoms with Crippen LogP contribution in [-0.4, -0.2) is 6.54 Å². The molecule has 21 heavy (non-hydrogen) atoms. The Labute approximate surface area is 127 Å². The molecule has 0 aliphatic heterocycles. The lowest BCUT2D eigenvalue weighted by Gasteiger charge is -2.21. The molecule has 1 aliphatic rings. The molecule has 0 radical (unpaired) electrons. The van der Waals surface area contributed by atoms with Gasteiger partial charge in [0.15, 0.2) is 0 Å². The number of benzene rings is 1. The summed E-state index contributed by atoms with van der Waals surface area (Å²) in [7, 11) is 0. The van der Waals surface area contributed by atoms with Gasteiger partial charge < -0.3 is 9.73 Å². The molecule has 3 rings (SSSR count). The third kappa shape index (κ3) is 3.21. The normalized spacial score (nSPS) is 15.7. The third-order valence-electron chi connectivity index (χ3n) is 4.35. The summed E-state index contributed by atoms with van der Waals surface area (Å²) in [5, 5.41) is 3.63. The first-order chi connectivity index (χ1) is 10.3. The van der Waals surface area contributed by atoms with Crippen LogP contribution in [0, 0.1) is 6.92 Å². The molecule has 112 valence electrons. The first-order valence-electron chi connectivity index (χ1n) is 8.19. The molecule has 0 saturated heterocycles. The smallest absolute Gasteiger partial charge is 0.125 e. The van der Waals surface area contributed by atoms with Crippen molar-refractivity contribution in [3.05, 3.63) is 58.5 Å². The molecule has 2 aromatic rings. The lowest BCUT2D eigenvalue weighted by Crippen LogP contribution is -2.23. The maximum absolute atomic E-state index is 5.88. The molecule has 2 nitrogen and oxygen atoms in total. The molecule has 1 aromatic carbocycles. The van der Waals surface area contributed by atoms with E-state index in [2.05, 4.69) is 36.5 Å². The van der Waals surface area contributed by atoms with E-state index < -0.39 is 0 Å². The third-order valence-corrected chi connectivity index (χ3v) is 4.35. The van der Waals surface area contributed by atoms with E-state index in [0.29, 0.717) is 0 Å². The van der Waals surface area contributed by atoms with E-state index in [0.717, 1.165) is 24.5 Å². The first-order valence-corrected chi connectivity index (χ1v) is 8.19. The average Bonchev–Trinajstić information content (AvgIpc) is 2.94. The maximum atomic E-state index is 5.88. The van der Waals surface area contributed by atoms with Gasteiger partial charge in [0.2, 0.25) is 0 Å². The number of aryl methyl sites for hydroxylation is 3. The number of hydrogen-bond acceptors (Lipinski definition) is 2. The van der Waals surface area contributed by atoms with Gasteiger partial charge in [0.1, 0.15) is 11.5 Å². The highest BCUT2D eigenvalue weighted by atomic mass is 16.3. The van der Waals surface area contributed by atoms with Gasteiger partial charge in [0.05, 0.1) is 6.04 Å². The van der Waals surface area contributed by atoms with Crippen molar-refractivity contribution in [3.63, 3.8) is 0 Å². The van der Waals surface area contributed by atoms with Gasteiger partial charge in [-0.2, -0.15) is 0 Å². The van der Waals surface area contributed by atoms with Crippen molar-refractivity contribution in [2.45, 2.75) is 52.0 Å². The summed E-state index contributed by atoms with van der Waals surface area (Å²) < 4.78 is 5.88. The van der Waals surface area contributed by atoms with Crippen LogP contribution in [0.2, 0.25) is 0 Å². The summed E-state index contributed by atoms with van der Waals surface area (Å²) in [6.45, 7) is 5.21. The fraction of sp³-hybridized carbons (Fsp3) is 0.474. The van der Waals surface area contributed by atoms with E-state index in [4.69, 9.17) is 4.42 Å². The fourth-order valence-electron chi connectivity index (χ4n) is 3.21. The second-order valence-electron chi connectivity index (χ2n) is 6.07. The molecule has 0 saturated carbocycles. The Balaban J connectivity index is 1.92. The standard InChI is InChI=1S/C19H25NO/c1-3-12-20-19(18-11-8-14(2)21-18)17-10-9-15-6-4-5-7-16(15)13-17/h8-11,13,19-20H,3-7,12H2,1-2H3. The Bertz CT molecular complexity index is 599. The second kappa shape index (κ2) is 6.48. The quantitative estimate of drug-likeness (QED) is 0.870. The summed E-state index contributed by atoms with van der Waals surface area (Å²) in [6, 6.07) is 11.3. The highest BCUT2D eigenvalue weighted by molar-refractivity contribution is 5.37. The van der Waals surface area contributed by atoms with E-state index in [9.17, 15) is 0 Å². The Morgan fingerprint density at radius 1 is 1.10 bits per heavy atom. The van der Waals surface area contributed by atoms with Gasteiger partial charge in [-0.1, -0.05) is 25.1 Å². The predicted octanol–water partition coefficient (Wildman–Crippen LogP) is 4.56. The van der Waals surface area contributed by atoms with Gasteiger partial charge >= 0.3 is 0 Å². The minimum absolute atomic E-state index is 0.172. The van der Waals surface area contributed by atoms with E-state index in [-0.39, 0.29) is 6.04 Å². The van der Waals surface area contributed by atoms with Gasteiger partial charge in [-0.05, 0) is 74.4 Å². The Kier molecular flexibility index (Phi) is 4.45. The van der Waals surface area contributed by atoms with Crippen LogP contribution in [0.15, 0.2) is 34.7 Å². The van der Waals surface area contributed by atoms with Crippen molar-refractivity contribution in [2.75, 3.05) is 6.54 Å². The largest absolute Gasteiger partial charge is 0.464 e. The molecular weight excluding hydrogens is 258 g/mol. The SMILES string of the molecule is CCCNC(c1ccc2c(c1)CCCC2)c1ccc(C)o1. The molecule has 1 N–H and O–H groups in total. The molecule has 0 amide bonds. The lowest BCUT2D eigenvalue weighted by atomic mass is 9.89. The summed E-state index contributed by atoms with van der Waals surface area (Å²) >= 11 is 0. The van der Waals surface area contributed by atoms with Crippen molar-refractivity contribution in [2.24, 2.45) is 0 Å². The van der Waals surface area contributed by atoms with E-state index in [1.165, 1.54) is 42.4 Å². The van der Waals surface area contributed by atoms with Crippen LogP contribution in [0.3, 0.4) is 0 Å². The number of furan rings is 1. The number of rotatable bonds is 5. The fourth-order valence-corrected chi connectivity index (χ4v) is 3.21. The van der Waals surface area contributed by atoms with Crippen LogP contribution in [0.25, 0.3) is 0 Å². The summed E-state index contributed by atoms with van der Waals surface area (Å²) in [5.74, 6) is 2.00. The second-order valence-corrected chi connectivity index (χ2v) is 6.07. The molecule has 1 aromatic heterocycles. The topological polar surface area (TPSA) is 25.2 Å². The molecule has 2 heteroatoms. The molecule has 1 aliphatic carbocycles. The molecule has 1 unspecified atom stereocenters. The van der Waals surface area contributed by atoms with Crippen LogP contribution in [0.4, 0.5) is 0 Å². The zero-order valence-electron chi connectivity index (χ0n) is 13.1. The summed E-state index contributed by atoms with van der Waals surface area (Å²) in [5.41, 5.74) is 4.40. The Hall–Kier alpha value is -1.54. The Morgan fingerprint density at radius 2 is 1.90 bits per heavy atom.